The summed E-state index contributed by atoms with van der Waals surface area (Å²) in [4.78, 5) is 0. The van der Waals surface area contributed by atoms with Gasteiger partial charge in [-0.25, -0.2) is 13.3 Å². The maximum Gasteiger partial charge on any atom is 0.298 e. The highest BCUT2D eigenvalue weighted by atomic mass is 19.1. The van der Waals surface area contributed by atoms with Crippen molar-refractivity contribution in [2.45, 2.75) is 6.92 Å². The number of fused-ring (bicyclic) bond motifs is 3. The summed E-state index contributed by atoms with van der Waals surface area (Å²) in [5.74, 6) is -0.437. The Morgan fingerprint density at radius 1 is 0.750 bits per heavy atom. The van der Waals surface area contributed by atoms with Gasteiger partial charge in [-0.3, -0.25) is 0 Å². The summed E-state index contributed by atoms with van der Waals surface area (Å²) in [7, 11) is 1.99. The smallest absolute Gasteiger partial charge is 0.298 e. The maximum atomic E-state index is 15.0. The molecule has 3 nitrogen and oxygen atoms in total. The number of nitrogens with zero attached hydrogens (tertiary/aromatic N) is 2. The third kappa shape index (κ3) is 3.74. The van der Waals surface area contributed by atoms with Crippen LogP contribution in [-0.4, -0.2) is 4.57 Å². The molecular weight excluding hydrogens is 502 g/mol. The van der Waals surface area contributed by atoms with E-state index in [0.717, 1.165) is 51.0 Å². The van der Waals surface area contributed by atoms with Crippen LogP contribution in [0.3, 0.4) is 0 Å². The number of hydrogen-bond acceptors (Lipinski definition) is 1. The first-order chi connectivity index (χ1) is 19.5. The lowest BCUT2D eigenvalue weighted by Gasteiger charge is -2.15. The number of para-hydroxylation sites is 1. The second-order valence-corrected chi connectivity index (χ2v) is 10.0. The van der Waals surface area contributed by atoms with E-state index in [4.69, 9.17) is 4.42 Å². The van der Waals surface area contributed by atoms with Crippen molar-refractivity contribution in [3.05, 3.63) is 133 Å². The molecule has 2 aromatic heterocycles. The van der Waals surface area contributed by atoms with Gasteiger partial charge in [0.15, 0.2) is 5.58 Å². The van der Waals surface area contributed by atoms with E-state index in [1.54, 1.807) is 0 Å². The third-order valence-electron chi connectivity index (χ3n) is 7.54. The second-order valence-electron chi connectivity index (χ2n) is 10.0. The first kappa shape index (κ1) is 24.0. The van der Waals surface area contributed by atoms with Gasteiger partial charge in [0.25, 0.3) is 5.82 Å². The maximum absolute atomic E-state index is 15.0. The van der Waals surface area contributed by atoms with Crippen molar-refractivity contribution >= 4 is 21.9 Å². The van der Waals surface area contributed by atoms with Crippen LogP contribution < -0.4 is 4.57 Å². The summed E-state index contributed by atoms with van der Waals surface area (Å²) in [5, 5.41) is 0.897. The first-order valence-electron chi connectivity index (χ1n) is 13.1. The van der Waals surface area contributed by atoms with Crippen LogP contribution >= 0.6 is 0 Å². The summed E-state index contributed by atoms with van der Waals surface area (Å²) in [6.45, 7) is 2.01. The van der Waals surface area contributed by atoms with Crippen LogP contribution in [0.4, 0.5) is 8.78 Å². The standard InChI is InChI=1S/C35H25F2N2O/c1-22-16-17-28-32-29(37)20-25(36)21-30(32)40-34(28)31(22)35-38(2)18-19-39(35)33-26(23-10-5-3-6-11-23)14-9-15-27(33)24-12-7-4-8-13-24/h3-21H,1-2H3/q+1. The van der Waals surface area contributed by atoms with Gasteiger partial charge in [0.2, 0.25) is 0 Å². The van der Waals surface area contributed by atoms with Crippen LogP contribution in [0.25, 0.3) is 61.3 Å². The molecule has 0 N–H and O–H groups in total. The van der Waals surface area contributed by atoms with Crippen molar-refractivity contribution in [3.63, 3.8) is 0 Å². The van der Waals surface area contributed by atoms with Gasteiger partial charge in [0.05, 0.1) is 12.4 Å². The average Bonchev–Trinajstić information content (AvgIpc) is 3.53. The molecular formula is C35H25F2N2O+. The van der Waals surface area contributed by atoms with Crippen LogP contribution in [0, 0.1) is 18.6 Å². The molecule has 0 spiro atoms. The molecule has 0 saturated carbocycles. The molecule has 0 saturated heterocycles. The van der Waals surface area contributed by atoms with Crippen LogP contribution in [0.2, 0.25) is 0 Å². The number of imidazole rings is 1. The summed E-state index contributed by atoms with van der Waals surface area (Å²) >= 11 is 0. The molecule has 5 aromatic carbocycles. The predicted molar refractivity (Wildman–Crippen MR) is 155 cm³/mol. The predicted octanol–water partition coefficient (Wildman–Crippen LogP) is 8.79. The fraction of sp³-hybridized carbons (Fsp3) is 0.0571. The number of aromatic nitrogens is 2. The lowest BCUT2D eigenvalue weighted by Crippen LogP contribution is -2.29. The van der Waals surface area contributed by atoms with Gasteiger partial charge in [0, 0.05) is 28.6 Å². The molecule has 7 aromatic rings. The number of aryl methyl sites for hydroxylation is 2. The minimum absolute atomic E-state index is 0.190. The van der Waals surface area contributed by atoms with Gasteiger partial charge in [-0.2, -0.15) is 4.57 Å². The molecule has 0 fully saturated rings. The normalized spacial score (nSPS) is 11.5. The third-order valence-corrected chi connectivity index (χ3v) is 7.54. The Labute approximate surface area is 230 Å². The molecule has 194 valence electrons. The van der Waals surface area contributed by atoms with E-state index in [1.807, 2.05) is 79.5 Å². The highest BCUT2D eigenvalue weighted by Gasteiger charge is 2.29. The van der Waals surface area contributed by atoms with Gasteiger partial charge in [-0.1, -0.05) is 91.0 Å². The van der Waals surface area contributed by atoms with Crippen molar-refractivity contribution in [3.8, 4) is 39.3 Å². The number of hydrogen-bond donors (Lipinski definition) is 0. The van der Waals surface area contributed by atoms with Crippen molar-refractivity contribution in [1.29, 1.82) is 0 Å². The van der Waals surface area contributed by atoms with Gasteiger partial charge in [-0.15, -0.1) is 0 Å². The quantitative estimate of drug-likeness (QED) is 0.210. The van der Waals surface area contributed by atoms with E-state index >= 15 is 0 Å². The van der Waals surface area contributed by atoms with Crippen molar-refractivity contribution < 1.29 is 17.8 Å². The molecule has 0 aliphatic carbocycles. The molecule has 0 bridgehead atoms. The number of halogens is 2. The van der Waals surface area contributed by atoms with Crippen molar-refractivity contribution in [2.24, 2.45) is 7.05 Å². The van der Waals surface area contributed by atoms with E-state index in [9.17, 15) is 8.78 Å². The largest absolute Gasteiger partial charge is 0.455 e. The van der Waals surface area contributed by atoms with E-state index in [2.05, 4.69) is 47.0 Å². The van der Waals surface area contributed by atoms with Crippen LogP contribution in [0.1, 0.15) is 5.56 Å². The Morgan fingerprint density at radius 3 is 2.05 bits per heavy atom. The Kier molecular flexibility index (Phi) is 5.60. The Bertz CT molecular complexity index is 1980. The van der Waals surface area contributed by atoms with Crippen LogP contribution in [0.5, 0.6) is 0 Å². The first-order valence-corrected chi connectivity index (χ1v) is 13.1. The number of rotatable bonds is 4. The molecule has 0 atom stereocenters. The summed E-state index contributed by atoms with van der Waals surface area (Å²) in [5.41, 5.74) is 7.83. The zero-order valence-corrected chi connectivity index (χ0v) is 22.0. The monoisotopic (exact) mass is 527 g/mol. The molecule has 0 aliphatic rings. The molecule has 2 heterocycles. The Balaban J connectivity index is 1.59. The Hall–Kier alpha value is -5.03. The second kappa shape index (κ2) is 9.31. The van der Waals surface area contributed by atoms with Gasteiger partial charge in [-0.05, 0) is 23.6 Å². The van der Waals surface area contributed by atoms with E-state index in [0.29, 0.717) is 11.0 Å². The van der Waals surface area contributed by atoms with E-state index in [-0.39, 0.29) is 11.0 Å². The SMILES string of the molecule is Cc1ccc2c(oc3cc(F)cc(F)c32)c1-c1n(-c2c(-c3ccccc3)cccc2-c2ccccc2)cc[n+]1C. The molecule has 0 amide bonds. The van der Waals surface area contributed by atoms with Crippen LogP contribution in [-0.2, 0) is 7.05 Å². The molecule has 7 rings (SSSR count). The lowest BCUT2D eigenvalue weighted by molar-refractivity contribution is -0.659. The summed E-state index contributed by atoms with van der Waals surface area (Å²) in [6, 6.07) is 32.9. The molecule has 40 heavy (non-hydrogen) atoms. The Morgan fingerprint density at radius 2 is 1.40 bits per heavy atom. The molecule has 0 aliphatic heterocycles. The van der Waals surface area contributed by atoms with Crippen molar-refractivity contribution in [2.75, 3.05) is 0 Å². The van der Waals surface area contributed by atoms with Crippen molar-refractivity contribution in [1.82, 2.24) is 4.57 Å². The summed E-state index contributed by atoms with van der Waals surface area (Å²) < 4.78 is 39.6. The highest BCUT2D eigenvalue weighted by Crippen LogP contribution is 2.41. The van der Waals surface area contributed by atoms with Gasteiger partial charge >= 0.3 is 0 Å². The lowest BCUT2D eigenvalue weighted by atomic mass is 9.95. The van der Waals surface area contributed by atoms with Gasteiger partial charge < -0.3 is 4.42 Å². The molecule has 0 radical (unpaired) electrons. The number of furan rings is 1. The average molecular weight is 528 g/mol. The summed E-state index contributed by atoms with van der Waals surface area (Å²) in [6.07, 6.45) is 4.05. The highest BCUT2D eigenvalue weighted by molar-refractivity contribution is 6.10. The fourth-order valence-electron chi connectivity index (χ4n) is 5.72. The molecule has 5 heteroatoms. The minimum atomic E-state index is -0.666. The zero-order valence-electron chi connectivity index (χ0n) is 22.0. The van der Waals surface area contributed by atoms with Gasteiger partial charge in [0.1, 0.15) is 40.9 Å². The topological polar surface area (TPSA) is 21.9 Å². The fourth-order valence-corrected chi connectivity index (χ4v) is 5.72. The molecule has 0 unspecified atom stereocenters. The van der Waals surface area contributed by atoms with Crippen LogP contribution in [0.15, 0.2) is 120 Å². The minimum Gasteiger partial charge on any atom is -0.455 e. The zero-order chi connectivity index (χ0) is 27.4. The van der Waals surface area contributed by atoms with E-state index in [1.165, 1.54) is 6.07 Å². The number of benzene rings is 5. The van der Waals surface area contributed by atoms with E-state index < -0.39 is 11.6 Å².